The van der Waals surface area contributed by atoms with Crippen molar-refractivity contribution >= 4 is 17.1 Å². The lowest BCUT2D eigenvalue weighted by atomic mass is 10.2. The monoisotopic (exact) mass is 244 g/mol. The molecule has 4 heteroatoms. The molecule has 94 valence electrons. The van der Waals surface area contributed by atoms with Crippen LogP contribution >= 0.6 is 0 Å². The van der Waals surface area contributed by atoms with Crippen LogP contribution in [0.25, 0.3) is 0 Å². The first-order chi connectivity index (χ1) is 8.74. The van der Waals surface area contributed by atoms with Crippen LogP contribution in [-0.2, 0) is 0 Å². The zero-order chi connectivity index (χ0) is 13.0. The Bertz CT molecular complexity index is 527. The maximum atomic E-state index is 5.84. The Morgan fingerprint density at radius 2 is 1.61 bits per heavy atom. The molecule has 0 saturated carbocycles. The second kappa shape index (κ2) is 5.31. The van der Waals surface area contributed by atoms with Crippen molar-refractivity contribution in [2.75, 3.05) is 25.3 Å². The Morgan fingerprint density at radius 3 is 2.22 bits per heavy atom. The number of rotatable bonds is 4. The third-order valence-corrected chi connectivity index (χ3v) is 2.60. The molecule has 0 aromatic heterocycles. The fraction of sp³-hybridized carbons (Fsp3) is 0.143. The summed E-state index contributed by atoms with van der Waals surface area (Å²) < 4.78 is 10.5. The zero-order valence-corrected chi connectivity index (χ0v) is 10.4. The number of nitrogens with one attached hydrogen (secondary N) is 1. The van der Waals surface area contributed by atoms with E-state index in [-0.39, 0.29) is 0 Å². The molecule has 2 rings (SSSR count). The minimum absolute atomic E-state index is 0.549. The average molecular weight is 244 g/mol. The Labute approximate surface area is 106 Å². The molecular weight excluding hydrogens is 228 g/mol. The average Bonchev–Trinajstić information content (AvgIpc) is 2.41. The van der Waals surface area contributed by atoms with Gasteiger partial charge in [0.15, 0.2) is 0 Å². The molecule has 2 aromatic rings. The van der Waals surface area contributed by atoms with Gasteiger partial charge in [-0.2, -0.15) is 0 Å². The summed E-state index contributed by atoms with van der Waals surface area (Å²) in [7, 11) is 3.20. The van der Waals surface area contributed by atoms with E-state index in [2.05, 4.69) is 5.32 Å². The largest absolute Gasteiger partial charge is 0.495 e. The van der Waals surface area contributed by atoms with E-state index < -0.39 is 0 Å². The van der Waals surface area contributed by atoms with E-state index in [1.54, 1.807) is 20.3 Å². The predicted molar refractivity (Wildman–Crippen MR) is 73.7 cm³/mol. The minimum atomic E-state index is 0.549. The topological polar surface area (TPSA) is 56.5 Å². The summed E-state index contributed by atoms with van der Waals surface area (Å²) in [4.78, 5) is 0. The predicted octanol–water partition coefficient (Wildman–Crippen LogP) is 3.03. The molecule has 0 atom stereocenters. The molecule has 0 aliphatic carbocycles. The number of benzene rings is 2. The van der Waals surface area contributed by atoms with E-state index in [4.69, 9.17) is 15.2 Å². The summed E-state index contributed by atoms with van der Waals surface area (Å²) >= 11 is 0. The van der Waals surface area contributed by atoms with Crippen molar-refractivity contribution < 1.29 is 9.47 Å². The second-order valence-corrected chi connectivity index (χ2v) is 3.79. The summed E-state index contributed by atoms with van der Waals surface area (Å²) in [6.07, 6.45) is 0. The van der Waals surface area contributed by atoms with E-state index in [1.807, 2.05) is 36.4 Å². The number of para-hydroxylation sites is 1. The normalized spacial score (nSPS) is 9.89. The Balaban J connectivity index is 2.37. The highest BCUT2D eigenvalue weighted by molar-refractivity contribution is 5.73. The molecule has 0 bridgehead atoms. The number of hydrogen-bond donors (Lipinski definition) is 2. The lowest BCUT2D eigenvalue weighted by Gasteiger charge is -2.14. The molecule has 0 fully saturated rings. The molecule has 0 radical (unpaired) electrons. The fourth-order valence-electron chi connectivity index (χ4n) is 1.70. The Morgan fingerprint density at radius 1 is 0.944 bits per heavy atom. The molecule has 0 aliphatic rings. The first kappa shape index (κ1) is 12.1. The molecular formula is C14H16N2O2. The van der Waals surface area contributed by atoms with Gasteiger partial charge < -0.3 is 20.5 Å². The highest BCUT2D eigenvalue weighted by atomic mass is 16.5. The quantitative estimate of drug-likeness (QED) is 0.812. The van der Waals surface area contributed by atoms with E-state index in [0.717, 1.165) is 11.4 Å². The van der Waals surface area contributed by atoms with Gasteiger partial charge in [-0.3, -0.25) is 0 Å². The van der Waals surface area contributed by atoms with E-state index >= 15 is 0 Å². The molecule has 4 nitrogen and oxygen atoms in total. The second-order valence-electron chi connectivity index (χ2n) is 3.79. The van der Waals surface area contributed by atoms with Crippen molar-refractivity contribution in [1.82, 2.24) is 0 Å². The van der Waals surface area contributed by atoms with E-state index in [1.165, 1.54) is 0 Å². The van der Waals surface area contributed by atoms with Gasteiger partial charge in [-0.15, -0.1) is 0 Å². The van der Waals surface area contributed by atoms with Crippen molar-refractivity contribution in [2.45, 2.75) is 0 Å². The summed E-state index contributed by atoms with van der Waals surface area (Å²) in [5.41, 5.74) is 8.18. The molecule has 0 unspecified atom stereocenters. The van der Waals surface area contributed by atoms with Crippen LogP contribution in [-0.4, -0.2) is 14.2 Å². The lowest BCUT2D eigenvalue weighted by molar-refractivity contribution is 0.406. The number of ether oxygens (including phenoxy) is 2. The first-order valence-electron chi connectivity index (χ1n) is 5.58. The molecule has 0 spiro atoms. The van der Waals surface area contributed by atoms with Crippen LogP contribution in [0.15, 0.2) is 42.5 Å². The standard InChI is InChI=1S/C14H16N2O2/c1-17-13-9-12(14(18-2)8-11(13)15)16-10-6-4-3-5-7-10/h3-9,16H,15H2,1-2H3. The number of methoxy groups -OCH3 is 2. The molecule has 0 heterocycles. The van der Waals surface area contributed by atoms with Crippen LogP contribution in [0.3, 0.4) is 0 Å². The van der Waals surface area contributed by atoms with Gasteiger partial charge in [0, 0.05) is 17.8 Å². The summed E-state index contributed by atoms with van der Waals surface area (Å²) in [6, 6.07) is 13.4. The van der Waals surface area contributed by atoms with Gasteiger partial charge in [0.05, 0.1) is 25.6 Å². The van der Waals surface area contributed by atoms with Gasteiger partial charge in [0.1, 0.15) is 11.5 Å². The van der Waals surface area contributed by atoms with Gasteiger partial charge in [-0.1, -0.05) is 18.2 Å². The van der Waals surface area contributed by atoms with E-state index in [9.17, 15) is 0 Å². The minimum Gasteiger partial charge on any atom is -0.495 e. The Kier molecular flexibility index (Phi) is 3.57. The smallest absolute Gasteiger partial charge is 0.144 e. The molecule has 3 N–H and O–H groups in total. The lowest BCUT2D eigenvalue weighted by Crippen LogP contribution is -1.99. The van der Waals surface area contributed by atoms with E-state index in [0.29, 0.717) is 17.2 Å². The maximum absolute atomic E-state index is 5.84. The number of nitrogens with two attached hydrogens (primary N) is 1. The molecule has 18 heavy (non-hydrogen) atoms. The maximum Gasteiger partial charge on any atom is 0.144 e. The van der Waals surface area contributed by atoms with Crippen molar-refractivity contribution in [2.24, 2.45) is 0 Å². The first-order valence-corrected chi connectivity index (χ1v) is 5.58. The van der Waals surface area contributed by atoms with Crippen molar-refractivity contribution in [1.29, 1.82) is 0 Å². The third-order valence-electron chi connectivity index (χ3n) is 2.60. The molecule has 2 aromatic carbocycles. The van der Waals surface area contributed by atoms with Crippen LogP contribution in [0.4, 0.5) is 17.1 Å². The van der Waals surface area contributed by atoms with Crippen molar-refractivity contribution in [3.8, 4) is 11.5 Å². The third kappa shape index (κ3) is 2.48. The fourth-order valence-corrected chi connectivity index (χ4v) is 1.70. The van der Waals surface area contributed by atoms with Gasteiger partial charge >= 0.3 is 0 Å². The van der Waals surface area contributed by atoms with Crippen LogP contribution in [0, 0.1) is 0 Å². The van der Waals surface area contributed by atoms with Gasteiger partial charge in [-0.25, -0.2) is 0 Å². The van der Waals surface area contributed by atoms with Gasteiger partial charge in [0.25, 0.3) is 0 Å². The van der Waals surface area contributed by atoms with Crippen molar-refractivity contribution in [3.63, 3.8) is 0 Å². The van der Waals surface area contributed by atoms with Gasteiger partial charge in [0.2, 0.25) is 0 Å². The highest BCUT2D eigenvalue weighted by Gasteiger charge is 2.09. The van der Waals surface area contributed by atoms with Crippen LogP contribution < -0.4 is 20.5 Å². The molecule has 0 amide bonds. The van der Waals surface area contributed by atoms with Crippen LogP contribution in [0.1, 0.15) is 0 Å². The summed E-state index contributed by atoms with van der Waals surface area (Å²) in [6.45, 7) is 0. The SMILES string of the molecule is COc1cc(Nc2ccccc2)c(OC)cc1N. The van der Waals surface area contributed by atoms with Crippen LogP contribution in [0.2, 0.25) is 0 Å². The summed E-state index contributed by atoms with van der Waals surface area (Å²) in [5.74, 6) is 1.30. The number of nitrogen functional groups attached to an aromatic ring is 1. The molecule has 0 aliphatic heterocycles. The zero-order valence-electron chi connectivity index (χ0n) is 10.4. The van der Waals surface area contributed by atoms with Crippen molar-refractivity contribution in [3.05, 3.63) is 42.5 Å². The van der Waals surface area contributed by atoms with Crippen LogP contribution in [0.5, 0.6) is 11.5 Å². The highest BCUT2D eigenvalue weighted by Crippen LogP contribution is 2.36. The molecule has 0 saturated heterocycles. The summed E-state index contributed by atoms with van der Waals surface area (Å²) in [5, 5.41) is 3.26. The Hall–Kier alpha value is -2.36. The van der Waals surface area contributed by atoms with Gasteiger partial charge in [-0.05, 0) is 12.1 Å². The number of hydrogen-bond acceptors (Lipinski definition) is 4. The number of anilines is 3.